The van der Waals surface area contributed by atoms with Gasteiger partial charge in [-0.2, -0.15) is 0 Å². The predicted molar refractivity (Wildman–Crippen MR) is 79.4 cm³/mol. The molecule has 1 aromatic rings. The van der Waals surface area contributed by atoms with Crippen LogP contribution in [0, 0.1) is 10.1 Å². The second-order valence-corrected chi connectivity index (χ2v) is 5.30. The summed E-state index contributed by atoms with van der Waals surface area (Å²) in [6, 6.07) is 2.08. The SMILES string of the molecule is [N-]=[N+]=N[C@H]1[C@H](Oc2ccc([N+](=O)[O-])cc2Cl)O[C@H](CO)[C@H](O)[C@@H]1O. The molecule has 0 aromatic heterocycles. The number of azide groups is 1. The summed E-state index contributed by atoms with van der Waals surface area (Å²) < 4.78 is 10.7. The fourth-order valence-electron chi connectivity index (χ4n) is 2.17. The Balaban J connectivity index is 2.27. The van der Waals surface area contributed by atoms with Crippen LogP contribution in [0.2, 0.25) is 5.02 Å². The number of nitrogens with zero attached hydrogens (tertiary/aromatic N) is 4. The fraction of sp³-hybridized carbons (Fsp3) is 0.500. The van der Waals surface area contributed by atoms with Crippen molar-refractivity contribution in [1.82, 2.24) is 0 Å². The van der Waals surface area contributed by atoms with Crippen LogP contribution >= 0.6 is 11.6 Å². The van der Waals surface area contributed by atoms with E-state index in [-0.39, 0.29) is 16.5 Å². The second kappa shape index (κ2) is 7.62. The molecule has 24 heavy (non-hydrogen) atoms. The smallest absolute Gasteiger partial charge is 0.271 e. The van der Waals surface area contributed by atoms with Crippen LogP contribution in [-0.2, 0) is 4.74 Å². The molecule has 0 saturated carbocycles. The Hall–Kier alpha value is -2.14. The molecule has 0 aliphatic carbocycles. The molecule has 1 aromatic carbocycles. The molecule has 0 amide bonds. The minimum absolute atomic E-state index is 0.0225. The normalized spacial score (nSPS) is 29.6. The molecule has 1 heterocycles. The largest absolute Gasteiger partial charge is 0.463 e. The van der Waals surface area contributed by atoms with Crippen LogP contribution in [0.15, 0.2) is 23.3 Å². The van der Waals surface area contributed by atoms with Crippen LogP contribution in [0.5, 0.6) is 5.75 Å². The number of nitro groups is 1. The zero-order valence-corrected chi connectivity index (χ0v) is 12.7. The Morgan fingerprint density at radius 1 is 1.46 bits per heavy atom. The first kappa shape index (κ1) is 18.2. The molecule has 2 rings (SSSR count). The highest BCUT2D eigenvalue weighted by atomic mass is 35.5. The van der Waals surface area contributed by atoms with Gasteiger partial charge in [0.05, 0.1) is 22.7 Å². The molecule has 12 heteroatoms. The maximum Gasteiger partial charge on any atom is 0.271 e. The van der Waals surface area contributed by atoms with Crippen molar-refractivity contribution in [2.75, 3.05) is 6.61 Å². The van der Waals surface area contributed by atoms with E-state index in [1.807, 2.05) is 0 Å². The Kier molecular flexibility index (Phi) is 5.78. The van der Waals surface area contributed by atoms with Crippen molar-refractivity contribution < 1.29 is 29.7 Å². The Bertz CT molecular complexity index is 669. The molecule has 5 atom stereocenters. The van der Waals surface area contributed by atoms with Gasteiger partial charge in [0.1, 0.15) is 24.0 Å². The van der Waals surface area contributed by atoms with Crippen molar-refractivity contribution in [1.29, 1.82) is 0 Å². The van der Waals surface area contributed by atoms with E-state index in [0.29, 0.717) is 0 Å². The van der Waals surface area contributed by atoms with Gasteiger partial charge in [-0.05, 0) is 11.6 Å². The van der Waals surface area contributed by atoms with E-state index < -0.39 is 42.2 Å². The minimum Gasteiger partial charge on any atom is -0.463 e. The van der Waals surface area contributed by atoms with Gasteiger partial charge in [-0.1, -0.05) is 16.7 Å². The van der Waals surface area contributed by atoms with Crippen LogP contribution < -0.4 is 4.74 Å². The molecule has 1 aliphatic rings. The first-order chi connectivity index (χ1) is 11.4. The predicted octanol–water partition coefficient (Wildman–Crippen LogP) is 0.745. The number of benzene rings is 1. The van der Waals surface area contributed by atoms with E-state index in [1.165, 1.54) is 6.07 Å². The van der Waals surface area contributed by atoms with Crippen molar-refractivity contribution in [2.24, 2.45) is 5.11 Å². The number of non-ortho nitro benzene ring substituents is 1. The quantitative estimate of drug-likeness (QED) is 0.228. The minimum atomic E-state index is -1.55. The number of hydrogen-bond donors (Lipinski definition) is 3. The van der Waals surface area contributed by atoms with E-state index in [1.54, 1.807) is 0 Å². The molecule has 0 spiro atoms. The highest BCUT2D eigenvalue weighted by molar-refractivity contribution is 6.32. The number of aliphatic hydroxyl groups excluding tert-OH is 3. The van der Waals surface area contributed by atoms with Crippen molar-refractivity contribution in [3.05, 3.63) is 43.8 Å². The van der Waals surface area contributed by atoms with Gasteiger partial charge in [0.25, 0.3) is 5.69 Å². The van der Waals surface area contributed by atoms with Crippen molar-refractivity contribution in [3.8, 4) is 5.75 Å². The lowest BCUT2D eigenvalue weighted by Crippen LogP contribution is -2.59. The van der Waals surface area contributed by atoms with E-state index >= 15 is 0 Å². The van der Waals surface area contributed by atoms with Crippen molar-refractivity contribution in [3.63, 3.8) is 0 Å². The topological polar surface area (TPSA) is 171 Å². The van der Waals surface area contributed by atoms with Gasteiger partial charge in [0.15, 0.2) is 0 Å². The molecule has 0 unspecified atom stereocenters. The average Bonchev–Trinajstić information content (AvgIpc) is 2.55. The van der Waals surface area contributed by atoms with Gasteiger partial charge in [-0.15, -0.1) is 0 Å². The third-order valence-corrected chi connectivity index (χ3v) is 3.70. The molecular weight excluding hydrogens is 348 g/mol. The van der Waals surface area contributed by atoms with Gasteiger partial charge in [-0.25, -0.2) is 0 Å². The van der Waals surface area contributed by atoms with Gasteiger partial charge in [0.2, 0.25) is 6.29 Å². The van der Waals surface area contributed by atoms with Crippen LogP contribution in [0.1, 0.15) is 0 Å². The van der Waals surface area contributed by atoms with Crippen molar-refractivity contribution in [2.45, 2.75) is 30.6 Å². The highest BCUT2D eigenvalue weighted by Gasteiger charge is 2.45. The maximum absolute atomic E-state index is 10.7. The lowest BCUT2D eigenvalue weighted by molar-refractivity contribution is -0.384. The molecule has 0 radical (unpaired) electrons. The number of rotatable bonds is 5. The molecule has 11 nitrogen and oxygen atoms in total. The van der Waals surface area contributed by atoms with Gasteiger partial charge in [-0.3, -0.25) is 10.1 Å². The van der Waals surface area contributed by atoms with Crippen LogP contribution in [-0.4, -0.2) is 57.5 Å². The Morgan fingerprint density at radius 3 is 2.71 bits per heavy atom. The molecule has 130 valence electrons. The van der Waals surface area contributed by atoms with E-state index in [4.69, 9.17) is 26.6 Å². The van der Waals surface area contributed by atoms with Gasteiger partial charge in [0, 0.05) is 17.0 Å². The van der Waals surface area contributed by atoms with Crippen LogP contribution in [0.3, 0.4) is 0 Å². The summed E-state index contributed by atoms with van der Waals surface area (Å²) >= 11 is 5.90. The first-order valence-corrected chi connectivity index (χ1v) is 7.04. The summed E-state index contributed by atoms with van der Waals surface area (Å²) in [4.78, 5) is 12.6. The Labute approximate surface area is 139 Å². The lowest BCUT2D eigenvalue weighted by Gasteiger charge is -2.40. The van der Waals surface area contributed by atoms with Crippen LogP contribution in [0.4, 0.5) is 5.69 Å². The molecular formula is C12H13ClN4O7. The number of hydrogen-bond acceptors (Lipinski definition) is 8. The molecule has 1 fully saturated rings. The second-order valence-electron chi connectivity index (χ2n) is 4.89. The first-order valence-electron chi connectivity index (χ1n) is 6.66. The third-order valence-electron chi connectivity index (χ3n) is 3.40. The summed E-state index contributed by atoms with van der Waals surface area (Å²) in [7, 11) is 0. The van der Waals surface area contributed by atoms with E-state index in [0.717, 1.165) is 12.1 Å². The van der Waals surface area contributed by atoms with Crippen LogP contribution in [0.25, 0.3) is 10.4 Å². The molecule has 3 N–H and O–H groups in total. The Morgan fingerprint density at radius 2 is 2.17 bits per heavy atom. The fourth-order valence-corrected chi connectivity index (χ4v) is 2.39. The monoisotopic (exact) mass is 360 g/mol. The third kappa shape index (κ3) is 3.67. The highest BCUT2D eigenvalue weighted by Crippen LogP contribution is 2.32. The maximum atomic E-state index is 10.7. The number of nitro benzene ring substituents is 1. The number of ether oxygens (including phenoxy) is 2. The summed E-state index contributed by atoms with van der Waals surface area (Å²) in [6.45, 7) is -0.616. The molecule has 1 aliphatic heterocycles. The standard InChI is InChI=1S/C12H13ClN4O7/c13-6-3-5(17(21)22)1-2-7(6)23-12-9(15-16-14)11(20)10(19)8(4-18)24-12/h1-3,8-12,18-20H,4H2/t8-,9-,10+,11-,12-/m1/s1. The summed E-state index contributed by atoms with van der Waals surface area (Å²) in [6.07, 6.45) is -5.58. The zero-order valence-electron chi connectivity index (χ0n) is 12.0. The molecule has 1 saturated heterocycles. The number of halogens is 1. The number of aliphatic hydroxyl groups is 3. The van der Waals surface area contributed by atoms with Gasteiger partial charge >= 0.3 is 0 Å². The summed E-state index contributed by atoms with van der Waals surface area (Å²) in [5.74, 6) is -0.0225. The molecule has 0 bridgehead atoms. The zero-order chi connectivity index (χ0) is 17.9. The average molecular weight is 361 g/mol. The summed E-state index contributed by atoms with van der Waals surface area (Å²) in [5.41, 5.74) is 8.33. The summed E-state index contributed by atoms with van der Waals surface area (Å²) in [5, 5.41) is 42.9. The van der Waals surface area contributed by atoms with Crippen molar-refractivity contribution >= 4 is 17.3 Å². The van der Waals surface area contributed by atoms with Gasteiger partial charge < -0.3 is 24.8 Å². The lowest BCUT2D eigenvalue weighted by atomic mass is 9.98. The van der Waals surface area contributed by atoms with E-state index in [2.05, 4.69) is 10.0 Å². The van der Waals surface area contributed by atoms with E-state index in [9.17, 15) is 25.4 Å².